The molecule has 0 saturated heterocycles. The van der Waals surface area contributed by atoms with Gasteiger partial charge in [-0.3, -0.25) is 0 Å². The number of nitrogens with zero attached hydrogens (tertiary/aromatic N) is 1. The first-order chi connectivity index (χ1) is 15.8. The average Bonchev–Trinajstić information content (AvgIpc) is 3.26. The first kappa shape index (κ1) is 28.2. The van der Waals surface area contributed by atoms with E-state index in [1.807, 2.05) is 13.1 Å². The van der Waals surface area contributed by atoms with Crippen LogP contribution in [0.2, 0.25) is 13.3 Å². The maximum absolute atomic E-state index is 13.7. The van der Waals surface area contributed by atoms with Crippen LogP contribution in [0.25, 0.3) is 0 Å². The minimum absolute atomic E-state index is 0.233. The molecule has 186 valence electrons. The summed E-state index contributed by atoms with van der Waals surface area (Å²) in [6.45, 7) is 10.6. The third-order valence-corrected chi connectivity index (χ3v) is 24.7. The maximum atomic E-state index is 13.7. The zero-order valence-corrected chi connectivity index (χ0v) is 24.9. The Kier molecular flexibility index (Phi) is 11.3. The van der Waals surface area contributed by atoms with Crippen molar-refractivity contribution in [1.82, 2.24) is 4.31 Å². The number of hydrogen-bond donors (Lipinski definition) is 0. The minimum atomic E-state index is -3.83. The fourth-order valence-electron chi connectivity index (χ4n) is 4.84. The Balaban J connectivity index is 2.56. The molecule has 7 heteroatoms. The van der Waals surface area contributed by atoms with Crippen LogP contribution in [0.1, 0.15) is 78.2 Å². The van der Waals surface area contributed by atoms with Gasteiger partial charge in [-0.15, -0.1) is 0 Å². The number of rotatable bonds is 14. The van der Waals surface area contributed by atoms with E-state index in [0.29, 0.717) is 6.42 Å². The van der Waals surface area contributed by atoms with Crippen molar-refractivity contribution in [2.24, 2.45) is 0 Å². The van der Waals surface area contributed by atoms with Crippen molar-refractivity contribution in [3.8, 4) is 0 Å². The van der Waals surface area contributed by atoms with Crippen LogP contribution in [0.15, 0.2) is 38.9 Å². The van der Waals surface area contributed by atoms with Crippen molar-refractivity contribution in [1.29, 1.82) is 0 Å². The molecule has 0 saturated carbocycles. The molecule has 2 rings (SSSR count). The summed E-state index contributed by atoms with van der Waals surface area (Å²) >= 11 is -2.87. The summed E-state index contributed by atoms with van der Waals surface area (Å²) in [7, 11) is -3.83. The molecule has 0 spiro atoms. The van der Waals surface area contributed by atoms with Crippen LogP contribution in [0, 0.1) is 6.92 Å². The number of sulfonamides is 1. The predicted molar refractivity (Wildman–Crippen MR) is 138 cm³/mol. The van der Waals surface area contributed by atoms with Gasteiger partial charge in [0.1, 0.15) is 0 Å². The SMILES string of the molecule is CCC[CH2][Sn]([CH2]CCC)([CH2]CCC)[C]1=CN(S(=O)(=O)c2ccc(C)cc2)[C@H](C(=O)OCC)C1. The molecule has 33 heavy (non-hydrogen) atoms. The fraction of sp³-hybridized carbons (Fsp3) is 0.654. The Morgan fingerprint density at radius 2 is 1.48 bits per heavy atom. The van der Waals surface area contributed by atoms with Gasteiger partial charge < -0.3 is 0 Å². The van der Waals surface area contributed by atoms with Crippen molar-refractivity contribution in [3.05, 3.63) is 39.6 Å². The Morgan fingerprint density at radius 1 is 0.970 bits per heavy atom. The van der Waals surface area contributed by atoms with Gasteiger partial charge in [0.2, 0.25) is 0 Å². The number of benzene rings is 1. The van der Waals surface area contributed by atoms with E-state index in [4.69, 9.17) is 4.74 Å². The molecule has 1 heterocycles. The molecular formula is C26H43NO4SSn. The van der Waals surface area contributed by atoms with E-state index < -0.39 is 40.4 Å². The normalized spacial score (nSPS) is 16.7. The third kappa shape index (κ3) is 7.00. The predicted octanol–water partition coefficient (Wildman–Crippen LogP) is 6.59. The summed E-state index contributed by atoms with van der Waals surface area (Å²) in [5.74, 6) is -0.430. The molecule has 1 aromatic rings. The number of aryl methyl sites for hydroxylation is 1. The molecule has 0 fully saturated rings. The van der Waals surface area contributed by atoms with Crippen LogP contribution >= 0.6 is 0 Å². The number of hydrogen-bond acceptors (Lipinski definition) is 4. The van der Waals surface area contributed by atoms with E-state index in [-0.39, 0.29) is 11.5 Å². The van der Waals surface area contributed by atoms with Crippen LogP contribution in [-0.2, 0) is 19.6 Å². The molecule has 0 aromatic heterocycles. The molecular weight excluding hydrogens is 541 g/mol. The summed E-state index contributed by atoms with van der Waals surface area (Å²) in [5, 5.41) is 0. The van der Waals surface area contributed by atoms with E-state index in [1.54, 1.807) is 31.2 Å². The molecule has 0 amide bonds. The standard InChI is InChI=1S/C14H16NO4S.3C4H9.Sn/c1-3-19-14(16)13-5-4-10-15(13)20(17,18)12-8-6-11(2)7-9-12;3*1-3-4-2;/h6-10,13H,3,5H2,1-2H3;3*1,3-4H2,2H3;/t13-;;;;/m0..../s1. The van der Waals surface area contributed by atoms with Gasteiger partial charge >= 0.3 is 207 Å². The molecule has 1 aliphatic rings. The topological polar surface area (TPSA) is 63.7 Å². The van der Waals surface area contributed by atoms with Crippen LogP contribution in [0.3, 0.4) is 0 Å². The Morgan fingerprint density at radius 3 is 1.94 bits per heavy atom. The fourth-order valence-corrected chi connectivity index (χ4v) is 23.3. The molecule has 0 unspecified atom stereocenters. The van der Waals surface area contributed by atoms with Crippen LogP contribution < -0.4 is 0 Å². The molecule has 1 atom stereocenters. The van der Waals surface area contributed by atoms with E-state index in [9.17, 15) is 13.2 Å². The Hall–Kier alpha value is -1.02. The zero-order valence-electron chi connectivity index (χ0n) is 21.2. The number of ether oxygens (including phenoxy) is 1. The molecule has 1 aromatic carbocycles. The molecule has 5 nitrogen and oxygen atoms in total. The second-order valence-electron chi connectivity index (χ2n) is 9.37. The van der Waals surface area contributed by atoms with Gasteiger partial charge in [-0.2, -0.15) is 0 Å². The van der Waals surface area contributed by atoms with E-state index in [1.165, 1.54) is 40.5 Å². The van der Waals surface area contributed by atoms with Crippen molar-refractivity contribution >= 4 is 34.4 Å². The molecule has 1 aliphatic heterocycles. The third-order valence-electron chi connectivity index (χ3n) is 6.87. The van der Waals surface area contributed by atoms with E-state index in [2.05, 4.69) is 20.8 Å². The van der Waals surface area contributed by atoms with Gasteiger partial charge in [-0.05, 0) is 0 Å². The summed E-state index contributed by atoms with van der Waals surface area (Å²) in [6.07, 6.45) is 9.41. The van der Waals surface area contributed by atoms with Gasteiger partial charge in [0.25, 0.3) is 0 Å². The van der Waals surface area contributed by atoms with Gasteiger partial charge in [0.15, 0.2) is 0 Å². The number of unbranched alkanes of at least 4 members (excludes halogenated alkanes) is 3. The summed E-state index contributed by atoms with van der Waals surface area (Å²) in [4.78, 5) is 13.2. The Bertz CT molecular complexity index is 874. The summed E-state index contributed by atoms with van der Waals surface area (Å²) in [5.41, 5.74) is 1.00. The van der Waals surface area contributed by atoms with Crippen molar-refractivity contribution in [2.75, 3.05) is 6.61 Å². The Labute approximate surface area is 205 Å². The van der Waals surface area contributed by atoms with Crippen molar-refractivity contribution in [3.63, 3.8) is 0 Å². The van der Waals surface area contributed by atoms with E-state index >= 15 is 0 Å². The zero-order chi connectivity index (χ0) is 24.5. The second-order valence-corrected chi connectivity index (χ2v) is 24.6. The van der Waals surface area contributed by atoms with Crippen LogP contribution in [0.4, 0.5) is 0 Å². The summed E-state index contributed by atoms with van der Waals surface area (Å²) in [6, 6.07) is 6.11. The van der Waals surface area contributed by atoms with E-state index in [0.717, 1.165) is 24.8 Å². The molecule has 0 N–H and O–H groups in total. The first-order valence-corrected chi connectivity index (χ1v) is 21.7. The van der Waals surface area contributed by atoms with Crippen LogP contribution in [0.5, 0.6) is 0 Å². The molecule has 0 radical (unpaired) electrons. The van der Waals surface area contributed by atoms with Crippen molar-refractivity contribution < 1.29 is 17.9 Å². The van der Waals surface area contributed by atoms with Gasteiger partial charge in [-0.1, -0.05) is 0 Å². The van der Waals surface area contributed by atoms with Crippen LogP contribution in [-0.4, -0.2) is 49.7 Å². The quantitative estimate of drug-likeness (QED) is 0.183. The molecule has 0 bridgehead atoms. The second kappa shape index (κ2) is 13.2. The van der Waals surface area contributed by atoms with Crippen molar-refractivity contribution in [2.45, 2.75) is 104 Å². The van der Waals surface area contributed by atoms with Gasteiger partial charge in [0.05, 0.1) is 0 Å². The average molecular weight is 584 g/mol. The molecule has 0 aliphatic carbocycles. The number of esters is 1. The summed E-state index contributed by atoms with van der Waals surface area (Å²) < 4.78 is 39.1. The first-order valence-electron chi connectivity index (χ1n) is 12.7. The number of carbonyl (C=O) groups is 1. The van der Waals surface area contributed by atoms with Gasteiger partial charge in [0, 0.05) is 0 Å². The monoisotopic (exact) mass is 585 g/mol. The number of carbonyl (C=O) groups excluding carboxylic acids is 1. The van der Waals surface area contributed by atoms with Gasteiger partial charge in [-0.25, -0.2) is 0 Å².